The van der Waals surface area contributed by atoms with E-state index >= 15 is 0 Å². The van der Waals surface area contributed by atoms with E-state index in [-0.39, 0.29) is 6.04 Å². The number of methoxy groups -OCH3 is 1. The highest BCUT2D eigenvalue weighted by Crippen LogP contribution is 2.37. The molecular formula is C16H16Br2ClNO. The number of hydrogen-bond donors (Lipinski definition) is 1. The van der Waals surface area contributed by atoms with Crippen molar-refractivity contribution >= 4 is 43.5 Å². The Balaban J connectivity index is 2.57. The third-order valence-corrected chi connectivity index (χ3v) is 5.16. The van der Waals surface area contributed by atoms with Crippen LogP contribution in [0.2, 0.25) is 5.02 Å². The molecule has 0 amide bonds. The molecule has 2 aromatic carbocycles. The minimum atomic E-state index is 0.00323. The Kier molecular flexibility index (Phi) is 5.72. The van der Waals surface area contributed by atoms with E-state index in [9.17, 15) is 0 Å². The maximum atomic E-state index is 6.05. The van der Waals surface area contributed by atoms with Crippen LogP contribution in [0.1, 0.15) is 22.7 Å². The molecule has 112 valence electrons. The summed E-state index contributed by atoms with van der Waals surface area (Å²) in [5.41, 5.74) is 3.36. The summed E-state index contributed by atoms with van der Waals surface area (Å²) in [6.45, 7) is 2.07. The van der Waals surface area contributed by atoms with Crippen LogP contribution in [0.15, 0.2) is 39.3 Å². The standard InChI is InChI=1S/C16H16Br2ClNO/c1-9-6-14(18)12(8-13(9)17)16(20-2)11-5-4-10(19)7-15(11)21-3/h4-8,16,20H,1-3H3. The van der Waals surface area contributed by atoms with Crippen LogP contribution in [0, 0.1) is 6.92 Å². The van der Waals surface area contributed by atoms with E-state index in [1.54, 1.807) is 7.11 Å². The summed E-state index contributed by atoms with van der Waals surface area (Å²) in [4.78, 5) is 0. The van der Waals surface area contributed by atoms with Gasteiger partial charge in [-0.05, 0) is 49.4 Å². The average molecular weight is 434 g/mol. The van der Waals surface area contributed by atoms with Gasteiger partial charge in [-0.15, -0.1) is 0 Å². The van der Waals surface area contributed by atoms with E-state index < -0.39 is 0 Å². The summed E-state index contributed by atoms with van der Waals surface area (Å²) in [6, 6.07) is 9.92. The minimum Gasteiger partial charge on any atom is -0.496 e. The van der Waals surface area contributed by atoms with Gasteiger partial charge in [0.15, 0.2) is 0 Å². The van der Waals surface area contributed by atoms with Gasteiger partial charge in [0.2, 0.25) is 0 Å². The molecule has 0 spiro atoms. The summed E-state index contributed by atoms with van der Waals surface area (Å²) < 4.78 is 7.61. The lowest BCUT2D eigenvalue weighted by Gasteiger charge is -2.22. The molecule has 0 bridgehead atoms. The SMILES string of the molecule is CNC(c1cc(Br)c(C)cc1Br)c1ccc(Cl)cc1OC. The molecular weight excluding hydrogens is 417 g/mol. The molecule has 2 nitrogen and oxygen atoms in total. The van der Waals surface area contributed by atoms with E-state index in [0.29, 0.717) is 5.02 Å². The second-order valence-corrected chi connectivity index (χ2v) is 6.88. The lowest BCUT2D eigenvalue weighted by molar-refractivity contribution is 0.405. The van der Waals surface area contributed by atoms with E-state index in [1.807, 2.05) is 25.2 Å². The van der Waals surface area contributed by atoms with Crippen LogP contribution in [0.25, 0.3) is 0 Å². The molecule has 0 aromatic heterocycles. The van der Waals surface area contributed by atoms with Crippen LogP contribution in [0.3, 0.4) is 0 Å². The predicted molar refractivity (Wildman–Crippen MR) is 95.5 cm³/mol. The van der Waals surface area contributed by atoms with Crippen molar-refractivity contribution in [2.75, 3.05) is 14.2 Å². The normalized spacial score (nSPS) is 12.3. The Morgan fingerprint density at radius 1 is 1.10 bits per heavy atom. The Labute approximate surface area is 147 Å². The summed E-state index contributed by atoms with van der Waals surface area (Å²) in [6.07, 6.45) is 0. The first kappa shape index (κ1) is 16.8. The van der Waals surface area contributed by atoms with Crippen LogP contribution in [0.4, 0.5) is 0 Å². The average Bonchev–Trinajstić information content (AvgIpc) is 2.46. The molecule has 0 aliphatic carbocycles. The summed E-state index contributed by atoms with van der Waals surface area (Å²) in [5, 5.41) is 4.00. The smallest absolute Gasteiger partial charge is 0.125 e. The van der Waals surface area contributed by atoms with Crippen molar-refractivity contribution in [3.63, 3.8) is 0 Å². The first-order chi connectivity index (χ1) is 9.97. The Hall–Kier alpha value is -0.550. The zero-order chi connectivity index (χ0) is 15.6. The molecule has 2 aromatic rings. The van der Waals surface area contributed by atoms with E-state index in [4.69, 9.17) is 16.3 Å². The molecule has 2 rings (SSSR count). The molecule has 0 aliphatic heterocycles. The molecule has 0 aliphatic rings. The first-order valence-electron chi connectivity index (χ1n) is 6.44. The van der Waals surface area contributed by atoms with Crippen molar-refractivity contribution in [2.24, 2.45) is 0 Å². The van der Waals surface area contributed by atoms with Crippen LogP contribution >= 0.6 is 43.5 Å². The third kappa shape index (κ3) is 3.62. The van der Waals surface area contributed by atoms with Crippen LogP contribution in [-0.4, -0.2) is 14.2 Å². The molecule has 5 heteroatoms. The van der Waals surface area contributed by atoms with Gasteiger partial charge >= 0.3 is 0 Å². The second-order valence-electron chi connectivity index (χ2n) is 4.73. The van der Waals surface area contributed by atoms with E-state index in [0.717, 1.165) is 25.8 Å². The van der Waals surface area contributed by atoms with E-state index in [2.05, 4.69) is 56.2 Å². The number of benzene rings is 2. The maximum Gasteiger partial charge on any atom is 0.125 e. The molecule has 21 heavy (non-hydrogen) atoms. The van der Waals surface area contributed by atoms with Gasteiger partial charge in [0.05, 0.1) is 13.2 Å². The lowest BCUT2D eigenvalue weighted by atomic mass is 9.97. The van der Waals surface area contributed by atoms with Gasteiger partial charge in [-0.2, -0.15) is 0 Å². The van der Waals surface area contributed by atoms with Crippen molar-refractivity contribution < 1.29 is 4.74 Å². The zero-order valence-electron chi connectivity index (χ0n) is 12.0. The lowest BCUT2D eigenvalue weighted by Crippen LogP contribution is -2.19. The maximum absolute atomic E-state index is 6.05. The number of rotatable bonds is 4. The van der Waals surface area contributed by atoms with Crippen molar-refractivity contribution in [2.45, 2.75) is 13.0 Å². The van der Waals surface area contributed by atoms with Gasteiger partial charge < -0.3 is 10.1 Å². The molecule has 1 unspecified atom stereocenters. The van der Waals surface area contributed by atoms with Gasteiger partial charge in [0.25, 0.3) is 0 Å². The molecule has 1 N–H and O–H groups in total. The highest BCUT2D eigenvalue weighted by atomic mass is 79.9. The first-order valence-corrected chi connectivity index (χ1v) is 8.40. The zero-order valence-corrected chi connectivity index (χ0v) is 15.9. The Morgan fingerprint density at radius 2 is 1.81 bits per heavy atom. The largest absolute Gasteiger partial charge is 0.496 e. The van der Waals surface area contributed by atoms with E-state index in [1.165, 1.54) is 5.56 Å². The van der Waals surface area contributed by atoms with Gasteiger partial charge in [-0.25, -0.2) is 0 Å². The Bertz CT molecular complexity index is 661. The number of aryl methyl sites for hydroxylation is 1. The summed E-state index contributed by atoms with van der Waals surface area (Å²) in [7, 11) is 3.58. The molecule has 0 saturated heterocycles. The fourth-order valence-corrected chi connectivity index (χ4v) is 3.49. The number of ether oxygens (including phenoxy) is 1. The fourth-order valence-electron chi connectivity index (χ4n) is 2.28. The Morgan fingerprint density at radius 3 is 2.43 bits per heavy atom. The highest BCUT2D eigenvalue weighted by molar-refractivity contribution is 9.11. The fraction of sp³-hybridized carbons (Fsp3) is 0.250. The van der Waals surface area contributed by atoms with Crippen LogP contribution < -0.4 is 10.1 Å². The van der Waals surface area contributed by atoms with Crippen molar-refractivity contribution in [3.8, 4) is 5.75 Å². The molecule has 0 radical (unpaired) electrons. The highest BCUT2D eigenvalue weighted by Gasteiger charge is 2.20. The minimum absolute atomic E-state index is 0.00323. The van der Waals surface area contributed by atoms with Crippen LogP contribution in [0.5, 0.6) is 5.75 Å². The topological polar surface area (TPSA) is 21.3 Å². The third-order valence-electron chi connectivity index (χ3n) is 3.38. The molecule has 0 heterocycles. The predicted octanol–water partition coefficient (Wildman–Crippen LogP) is 5.49. The van der Waals surface area contributed by atoms with Crippen molar-refractivity contribution in [1.29, 1.82) is 0 Å². The van der Waals surface area contributed by atoms with Gasteiger partial charge in [0.1, 0.15) is 5.75 Å². The van der Waals surface area contributed by atoms with Gasteiger partial charge in [0, 0.05) is 19.5 Å². The van der Waals surface area contributed by atoms with Gasteiger partial charge in [-0.3, -0.25) is 0 Å². The van der Waals surface area contributed by atoms with Crippen molar-refractivity contribution in [1.82, 2.24) is 5.32 Å². The summed E-state index contributed by atoms with van der Waals surface area (Å²) >= 11 is 13.3. The quantitative estimate of drug-likeness (QED) is 0.688. The number of nitrogens with one attached hydrogen (secondary N) is 1. The number of halogens is 3. The number of hydrogen-bond acceptors (Lipinski definition) is 2. The summed E-state index contributed by atoms with van der Waals surface area (Å²) in [5.74, 6) is 0.769. The monoisotopic (exact) mass is 431 g/mol. The molecule has 0 fully saturated rings. The van der Waals surface area contributed by atoms with Crippen LogP contribution in [-0.2, 0) is 0 Å². The second kappa shape index (κ2) is 7.14. The molecule has 1 atom stereocenters. The van der Waals surface area contributed by atoms with Gasteiger partial charge in [-0.1, -0.05) is 49.5 Å². The van der Waals surface area contributed by atoms with Crippen molar-refractivity contribution in [3.05, 3.63) is 61.0 Å². The molecule has 0 saturated carbocycles.